The number of phenols is 1. The minimum Gasteiger partial charge on any atom is -0.508 e. The van der Waals surface area contributed by atoms with Crippen LogP contribution in [0.1, 0.15) is 17.3 Å². The van der Waals surface area contributed by atoms with Gasteiger partial charge in [0.25, 0.3) is 11.6 Å². The first-order chi connectivity index (χ1) is 14.3. The molecule has 0 fully saturated rings. The summed E-state index contributed by atoms with van der Waals surface area (Å²) in [5.41, 5.74) is 1.73. The van der Waals surface area contributed by atoms with E-state index >= 15 is 0 Å². The highest BCUT2D eigenvalue weighted by Crippen LogP contribution is 2.24. The molecule has 3 aromatic carbocycles. The third-order valence-corrected chi connectivity index (χ3v) is 4.33. The maximum absolute atomic E-state index is 12.3. The summed E-state index contributed by atoms with van der Waals surface area (Å²) < 4.78 is 5.18. The van der Waals surface area contributed by atoms with E-state index in [-0.39, 0.29) is 22.7 Å². The van der Waals surface area contributed by atoms with Crippen molar-refractivity contribution in [3.05, 3.63) is 88.5 Å². The Kier molecular flexibility index (Phi) is 6.07. The van der Waals surface area contributed by atoms with E-state index in [0.29, 0.717) is 0 Å². The number of phenolic OH excluding ortho intramolecular Hbond substituents is 1. The highest BCUT2D eigenvalue weighted by Gasteiger charge is 2.22. The molecule has 1 atom stereocenters. The minimum atomic E-state index is -1.16. The molecule has 0 saturated heterocycles. The molecule has 0 aliphatic rings. The normalized spacial score (nSPS) is 11.4. The number of benzene rings is 3. The Balaban J connectivity index is 1.64. The van der Waals surface area contributed by atoms with Gasteiger partial charge in [0, 0.05) is 6.07 Å². The van der Waals surface area contributed by atoms with Crippen LogP contribution in [0.2, 0.25) is 0 Å². The molecule has 0 unspecified atom stereocenters. The number of nitrogens with zero attached hydrogens (tertiary/aromatic N) is 1. The number of nitrogens with one attached hydrogen (secondary N) is 1. The number of nitro groups is 1. The van der Waals surface area contributed by atoms with Crippen molar-refractivity contribution in [3.63, 3.8) is 0 Å². The molecule has 0 bridgehead atoms. The highest BCUT2D eigenvalue weighted by atomic mass is 16.6. The summed E-state index contributed by atoms with van der Waals surface area (Å²) in [7, 11) is 0. The summed E-state index contributed by atoms with van der Waals surface area (Å²) in [5.74, 6) is -1.22. The minimum absolute atomic E-state index is 0.0219. The van der Waals surface area contributed by atoms with Crippen LogP contribution in [-0.4, -0.2) is 28.0 Å². The van der Waals surface area contributed by atoms with Gasteiger partial charge in [-0.15, -0.1) is 0 Å². The first-order valence-corrected chi connectivity index (χ1v) is 9.00. The van der Waals surface area contributed by atoms with Crippen molar-refractivity contribution in [2.75, 3.05) is 5.32 Å². The van der Waals surface area contributed by atoms with E-state index in [9.17, 15) is 24.8 Å². The number of esters is 1. The molecule has 0 radical (unpaired) electrons. The van der Waals surface area contributed by atoms with Crippen LogP contribution < -0.4 is 5.32 Å². The number of ether oxygens (including phenoxy) is 1. The molecule has 2 N–H and O–H groups in total. The predicted octanol–water partition coefficient (Wildman–Crippen LogP) is 4.15. The Hall–Kier alpha value is -4.20. The number of hydrogen-bond acceptors (Lipinski definition) is 6. The van der Waals surface area contributed by atoms with Crippen molar-refractivity contribution in [1.29, 1.82) is 0 Å². The van der Waals surface area contributed by atoms with Gasteiger partial charge in [0.05, 0.1) is 10.5 Å². The average Bonchev–Trinajstić information content (AvgIpc) is 2.74. The fourth-order valence-electron chi connectivity index (χ4n) is 2.71. The summed E-state index contributed by atoms with van der Waals surface area (Å²) >= 11 is 0. The lowest BCUT2D eigenvalue weighted by Gasteiger charge is -2.14. The van der Waals surface area contributed by atoms with Gasteiger partial charge < -0.3 is 15.2 Å². The maximum Gasteiger partial charge on any atom is 0.338 e. The number of rotatable bonds is 6. The monoisotopic (exact) mass is 406 g/mol. The standard InChI is InChI=1S/C22H18N2O6/c1-14(21(26)23-19-4-2-3-5-20(19)24(28)29)30-22(27)17-8-6-15(7-9-17)16-10-12-18(25)13-11-16/h2-14,25H,1H3,(H,23,26)/t14-/m1/s1. The molecule has 3 rings (SSSR count). The molecule has 0 heterocycles. The topological polar surface area (TPSA) is 119 Å². The van der Waals surface area contributed by atoms with Gasteiger partial charge in [-0.2, -0.15) is 0 Å². The van der Waals surface area contributed by atoms with Gasteiger partial charge in [-0.25, -0.2) is 4.79 Å². The van der Waals surface area contributed by atoms with E-state index in [1.165, 1.54) is 25.1 Å². The van der Waals surface area contributed by atoms with Crippen LogP contribution in [0.5, 0.6) is 5.75 Å². The van der Waals surface area contributed by atoms with E-state index in [1.807, 2.05) is 0 Å². The molecule has 0 aromatic heterocycles. The lowest BCUT2D eigenvalue weighted by molar-refractivity contribution is -0.383. The van der Waals surface area contributed by atoms with Crippen LogP contribution in [0, 0.1) is 10.1 Å². The van der Waals surface area contributed by atoms with Gasteiger partial charge in [0.1, 0.15) is 11.4 Å². The lowest BCUT2D eigenvalue weighted by atomic mass is 10.0. The van der Waals surface area contributed by atoms with Gasteiger partial charge >= 0.3 is 5.97 Å². The molecule has 3 aromatic rings. The van der Waals surface area contributed by atoms with Gasteiger partial charge in [-0.3, -0.25) is 14.9 Å². The molecular weight excluding hydrogens is 388 g/mol. The van der Waals surface area contributed by atoms with Crippen LogP contribution in [0.3, 0.4) is 0 Å². The number of aromatic hydroxyl groups is 1. The van der Waals surface area contributed by atoms with Crippen LogP contribution in [0.25, 0.3) is 11.1 Å². The fraction of sp³-hybridized carbons (Fsp3) is 0.0909. The van der Waals surface area contributed by atoms with E-state index in [2.05, 4.69) is 5.32 Å². The SMILES string of the molecule is C[C@@H](OC(=O)c1ccc(-c2ccc(O)cc2)cc1)C(=O)Nc1ccccc1[N+](=O)[O-]. The summed E-state index contributed by atoms with van der Waals surface area (Å²) in [6.07, 6.45) is -1.16. The Bertz CT molecular complexity index is 1080. The van der Waals surface area contributed by atoms with Crippen LogP contribution in [0.4, 0.5) is 11.4 Å². The Morgan fingerprint density at radius 1 is 0.967 bits per heavy atom. The van der Waals surface area contributed by atoms with Gasteiger partial charge in [-0.1, -0.05) is 36.4 Å². The van der Waals surface area contributed by atoms with Crippen molar-refractivity contribution in [2.45, 2.75) is 13.0 Å². The zero-order chi connectivity index (χ0) is 21.7. The lowest BCUT2D eigenvalue weighted by Crippen LogP contribution is -2.30. The number of hydrogen-bond donors (Lipinski definition) is 2. The molecule has 8 heteroatoms. The van der Waals surface area contributed by atoms with Crippen molar-refractivity contribution < 1.29 is 24.4 Å². The number of anilines is 1. The van der Waals surface area contributed by atoms with Crippen molar-refractivity contribution in [3.8, 4) is 16.9 Å². The molecular formula is C22H18N2O6. The fourth-order valence-corrected chi connectivity index (χ4v) is 2.71. The second-order valence-electron chi connectivity index (χ2n) is 6.44. The van der Waals surface area contributed by atoms with E-state index in [1.54, 1.807) is 54.6 Å². The zero-order valence-corrected chi connectivity index (χ0v) is 15.9. The number of carbonyl (C=O) groups excluding carboxylic acids is 2. The molecule has 0 aliphatic carbocycles. The predicted molar refractivity (Wildman–Crippen MR) is 110 cm³/mol. The first-order valence-electron chi connectivity index (χ1n) is 9.00. The molecule has 8 nitrogen and oxygen atoms in total. The third-order valence-electron chi connectivity index (χ3n) is 4.33. The number of para-hydroxylation sites is 2. The molecule has 1 amide bonds. The molecule has 30 heavy (non-hydrogen) atoms. The zero-order valence-electron chi connectivity index (χ0n) is 15.9. The molecule has 152 valence electrons. The smallest absolute Gasteiger partial charge is 0.338 e. The van der Waals surface area contributed by atoms with Crippen molar-refractivity contribution in [1.82, 2.24) is 0 Å². The largest absolute Gasteiger partial charge is 0.508 e. The van der Waals surface area contributed by atoms with Gasteiger partial charge in [-0.05, 0) is 48.4 Å². The summed E-state index contributed by atoms with van der Waals surface area (Å²) in [4.78, 5) is 35.1. The molecule has 0 aliphatic heterocycles. The second-order valence-corrected chi connectivity index (χ2v) is 6.44. The Morgan fingerprint density at radius 3 is 2.13 bits per heavy atom. The number of carbonyl (C=O) groups is 2. The van der Waals surface area contributed by atoms with E-state index < -0.39 is 22.9 Å². The first kappa shape index (κ1) is 20.5. The molecule has 0 spiro atoms. The van der Waals surface area contributed by atoms with E-state index in [0.717, 1.165) is 11.1 Å². The second kappa shape index (κ2) is 8.87. The third kappa shape index (κ3) is 4.79. The summed E-state index contributed by atoms with van der Waals surface area (Å²) in [6, 6.07) is 18.9. The Labute approximate surface area is 171 Å². The van der Waals surface area contributed by atoms with Gasteiger partial charge in [0.2, 0.25) is 0 Å². The quantitative estimate of drug-likeness (QED) is 0.361. The van der Waals surface area contributed by atoms with Crippen LogP contribution in [-0.2, 0) is 9.53 Å². The average molecular weight is 406 g/mol. The number of amides is 1. The van der Waals surface area contributed by atoms with Crippen LogP contribution in [0.15, 0.2) is 72.8 Å². The van der Waals surface area contributed by atoms with Crippen molar-refractivity contribution >= 4 is 23.3 Å². The summed E-state index contributed by atoms with van der Waals surface area (Å²) in [5, 5.41) is 22.8. The van der Waals surface area contributed by atoms with Crippen LogP contribution >= 0.6 is 0 Å². The maximum atomic E-state index is 12.3. The van der Waals surface area contributed by atoms with E-state index in [4.69, 9.17) is 4.74 Å². The van der Waals surface area contributed by atoms with Gasteiger partial charge in [0.15, 0.2) is 6.10 Å². The molecule has 0 saturated carbocycles. The van der Waals surface area contributed by atoms with Crippen molar-refractivity contribution in [2.24, 2.45) is 0 Å². The summed E-state index contributed by atoms with van der Waals surface area (Å²) in [6.45, 7) is 1.38. The highest BCUT2D eigenvalue weighted by molar-refractivity contribution is 5.98. The Morgan fingerprint density at radius 2 is 1.53 bits per heavy atom. The number of nitro benzene ring substituents is 1.